The zero-order chi connectivity index (χ0) is 11.7. The molecule has 3 rings (SSSR count). The van der Waals surface area contributed by atoms with Crippen molar-refractivity contribution in [3.63, 3.8) is 0 Å². The van der Waals surface area contributed by atoms with E-state index in [4.69, 9.17) is 0 Å². The molecular weight excluding hydrogens is 274 g/mol. The number of hydrogen-bond donors (Lipinski definition) is 1. The van der Waals surface area contributed by atoms with Crippen LogP contribution >= 0.6 is 15.9 Å². The molecule has 0 unspecified atom stereocenters. The first-order valence-electron chi connectivity index (χ1n) is 6.59. The smallest absolute Gasteiger partial charge is 0.0601 e. The first-order valence-corrected chi connectivity index (χ1v) is 7.38. The van der Waals surface area contributed by atoms with Crippen LogP contribution in [0.4, 0.5) is 0 Å². The normalized spacial score (nSPS) is 17.7. The predicted octanol–water partition coefficient (Wildman–Crippen LogP) is 5.05. The van der Waals surface area contributed by atoms with Gasteiger partial charge >= 0.3 is 0 Å². The zero-order valence-electron chi connectivity index (χ0n) is 10.0. The minimum absolute atomic E-state index is 0.904. The second-order valence-electron chi connectivity index (χ2n) is 5.18. The van der Waals surface area contributed by atoms with Crippen LogP contribution in [0.1, 0.15) is 37.7 Å². The van der Waals surface area contributed by atoms with Gasteiger partial charge in [0.25, 0.3) is 0 Å². The number of aromatic amines is 1. The van der Waals surface area contributed by atoms with Crippen LogP contribution in [0.3, 0.4) is 0 Å². The second-order valence-corrected chi connectivity index (χ2v) is 6.04. The third-order valence-corrected chi connectivity index (χ3v) is 4.64. The lowest BCUT2D eigenvalue weighted by atomic mass is 9.85. The molecule has 0 atom stereocenters. The van der Waals surface area contributed by atoms with Gasteiger partial charge in [0.15, 0.2) is 0 Å². The van der Waals surface area contributed by atoms with Crippen molar-refractivity contribution in [1.82, 2.24) is 4.98 Å². The summed E-state index contributed by atoms with van der Waals surface area (Å²) in [5, 5.41) is 1.39. The van der Waals surface area contributed by atoms with Gasteiger partial charge in [0, 0.05) is 16.1 Å². The van der Waals surface area contributed by atoms with E-state index in [1.807, 2.05) is 0 Å². The second kappa shape index (κ2) is 4.85. The summed E-state index contributed by atoms with van der Waals surface area (Å²) in [6.07, 6.45) is 10.6. The van der Waals surface area contributed by atoms with E-state index in [-0.39, 0.29) is 0 Å². The number of rotatable bonds is 2. The molecule has 0 aliphatic heterocycles. The van der Waals surface area contributed by atoms with Gasteiger partial charge in [0.1, 0.15) is 0 Å². The number of para-hydroxylation sites is 1. The Bertz CT molecular complexity index is 509. The molecule has 1 aromatic heterocycles. The molecule has 1 heterocycles. The van der Waals surface area contributed by atoms with Crippen molar-refractivity contribution in [3.8, 4) is 0 Å². The van der Waals surface area contributed by atoms with Gasteiger partial charge in [-0.15, -0.1) is 0 Å². The summed E-state index contributed by atoms with van der Waals surface area (Å²) < 4.78 is 1.17. The molecule has 1 aromatic carbocycles. The van der Waals surface area contributed by atoms with E-state index in [1.54, 1.807) is 0 Å². The van der Waals surface area contributed by atoms with Gasteiger partial charge in [0.05, 0.1) is 5.52 Å². The summed E-state index contributed by atoms with van der Waals surface area (Å²) in [5.74, 6) is 0.904. The van der Waals surface area contributed by atoms with E-state index < -0.39 is 0 Å². The largest absolute Gasteiger partial charge is 0.360 e. The Balaban J connectivity index is 1.87. The van der Waals surface area contributed by atoms with Crippen molar-refractivity contribution >= 4 is 26.8 Å². The van der Waals surface area contributed by atoms with Crippen LogP contribution in [-0.4, -0.2) is 4.98 Å². The van der Waals surface area contributed by atoms with Crippen LogP contribution in [0.25, 0.3) is 10.9 Å². The van der Waals surface area contributed by atoms with Crippen molar-refractivity contribution in [1.29, 1.82) is 0 Å². The van der Waals surface area contributed by atoms with Crippen LogP contribution in [-0.2, 0) is 6.42 Å². The number of benzene rings is 1. The lowest BCUT2D eigenvalue weighted by Crippen LogP contribution is -2.08. The molecule has 0 spiro atoms. The monoisotopic (exact) mass is 291 g/mol. The number of halogens is 1. The Morgan fingerprint density at radius 1 is 1.18 bits per heavy atom. The van der Waals surface area contributed by atoms with Crippen LogP contribution in [0, 0.1) is 5.92 Å². The molecule has 0 radical (unpaired) electrons. The molecule has 17 heavy (non-hydrogen) atoms. The highest BCUT2D eigenvalue weighted by molar-refractivity contribution is 9.10. The number of hydrogen-bond acceptors (Lipinski definition) is 0. The molecule has 2 heteroatoms. The van der Waals surface area contributed by atoms with E-state index in [2.05, 4.69) is 45.3 Å². The maximum absolute atomic E-state index is 3.60. The van der Waals surface area contributed by atoms with Gasteiger partial charge < -0.3 is 4.98 Å². The van der Waals surface area contributed by atoms with E-state index >= 15 is 0 Å². The van der Waals surface area contributed by atoms with Gasteiger partial charge in [0.2, 0.25) is 0 Å². The maximum atomic E-state index is 3.60. The fourth-order valence-electron chi connectivity index (χ4n) is 3.05. The Kier molecular flexibility index (Phi) is 3.24. The van der Waals surface area contributed by atoms with Gasteiger partial charge in [-0.25, -0.2) is 0 Å². The minimum atomic E-state index is 0.904. The molecule has 0 amide bonds. The molecule has 1 saturated carbocycles. The van der Waals surface area contributed by atoms with Gasteiger partial charge in [-0.3, -0.25) is 0 Å². The average molecular weight is 292 g/mol. The van der Waals surface area contributed by atoms with Crippen LogP contribution in [0.2, 0.25) is 0 Å². The highest BCUT2D eigenvalue weighted by Gasteiger charge is 2.16. The van der Waals surface area contributed by atoms with E-state index in [0.717, 1.165) is 5.92 Å². The van der Waals surface area contributed by atoms with Gasteiger partial charge in [-0.2, -0.15) is 0 Å². The topological polar surface area (TPSA) is 15.8 Å². The van der Waals surface area contributed by atoms with Crippen molar-refractivity contribution in [2.45, 2.75) is 38.5 Å². The molecule has 0 bridgehead atoms. The van der Waals surface area contributed by atoms with Crippen LogP contribution < -0.4 is 0 Å². The van der Waals surface area contributed by atoms with E-state index in [1.165, 1.54) is 59.5 Å². The van der Waals surface area contributed by atoms with Crippen LogP contribution in [0.5, 0.6) is 0 Å². The van der Waals surface area contributed by atoms with Crippen molar-refractivity contribution in [2.24, 2.45) is 5.92 Å². The molecule has 1 aliphatic carbocycles. The Labute approximate surface area is 111 Å². The first-order chi connectivity index (χ1) is 8.34. The SMILES string of the molecule is Brc1cccc2c(CC3CCCCC3)c[nH]c12. The van der Waals surface area contributed by atoms with Crippen molar-refractivity contribution < 1.29 is 0 Å². The van der Waals surface area contributed by atoms with E-state index in [0.29, 0.717) is 0 Å². The molecule has 1 fully saturated rings. The van der Waals surface area contributed by atoms with Gasteiger partial charge in [-0.05, 0) is 39.9 Å². The molecule has 2 aromatic rings. The first kappa shape index (κ1) is 11.3. The molecule has 90 valence electrons. The predicted molar refractivity (Wildman–Crippen MR) is 76.3 cm³/mol. The summed E-state index contributed by atoms with van der Waals surface area (Å²) in [6, 6.07) is 6.46. The highest BCUT2D eigenvalue weighted by atomic mass is 79.9. The fourth-order valence-corrected chi connectivity index (χ4v) is 3.53. The number of aromatic nitrogens is 1. The fraction of sp³-hybridized carbons (Fsp3) is 0.467. The summed E-state index contributed by atoms with van der Waals surface area (Å²) in [5.41, 5.74) is 2.74. The number of fused-ring (bicyclic) bond motifs is 1. The maximum Gasteiger partial charge on any atom is 0.0601 e. The minimum Gasteiger partial charge on any atom is -0.360 e. The molecule has 0 saturated heterocycles. The Morgan fingerprint density at radius 2 is 2.00 bits per heavy atom. The van der Waals surface area contributed by atoms with Crippen molar-refractivity contribution in [2.75, 3.05) is 0 Å². The lowest BCUT2D eigenvalue weighted by molar-refractivity contribution is 0.357. The molecule has 1 N–H and O–H groups in total. The van der Waals surface area contributed by atoms with Gasteiger partial charge in [-0.1, -0.05) is 44.2 Å². The molecule has 1 nitrogen and oxygen atoms in total. The average Bonchev–Trinajstić information content (AvgIpc) is 2.76. The highest BCUT2D eigenvalue weighted by Crippen LogP contribution is 2.31. The Morgan fingerprint density at radius 3 is 2.82 bits per heavy atom. The number of H-pyrrole nitrogens is 1. The standard InChI is InChI=1S/C15H18BrN/c16-14-8-4-7-13-12(10-17-15(13)14)9-11-5-2-1-3-6-11/h4,7-8,10-11,17H,1-3,5-6,9H2. The third-order valence-electron chi connectivity index (χ3n) is 3.98. The zero-order valence-corrected chi connectivity index (χ0v) is 11.6. The summed E-state index contributed by atoms with van der Waals surface area (Å²) in [6.45, 7) is 0. The number of nitrogens with one attached hydrogen (secondary N) is 1. The molecular formula is C15H18BrN. The summed E-state index contributed by atoms with van der Waals surface area (Å²) in [4.78, 5) is 3.40. The van der Waals surface area contributed by atoms with Crippen molar-refractivity contribution in [3.05, 3.63) is 34.4 Å². The summed E-state index contributed by atoms with van der Waals surface area (Å²) >= 11 is 3.60. The third kappa shape index (κ3) is 2.28. The molecule has 1 aliphatic rings. The van der Waals surface area contributed by atoms with Crippen LogP contribution in [0.15, 0.2) is 28.9 Å². The lowest BCUT2D eigenvalue weighted by Gasteiger charge is -2.21. The quantitative estimate of drug-likeness (QED) is 0.797. The van der Waals surface area contributed by atoms with E-state index in [9.17, 15) is 0 Å². The Hall–Kier alpha value is -0.760. The summed E-state index contributed by atoms with van der Waals surface area (Å²) in [7, 11) is 0.